The van der Waals surface area contributed by atoms with Gasteiger partial charge in [0, 0.05) is 22.0 Å². The van der Waals surface area contributed by atoms with Crippen molar-refractivity contribution >= 4 is 34.8 Å². The lowest BCUT2D eigenvalue weighted by molar-refractivity contribution is -0.122. The molecule has 0 spiro atoms. The molecule has 2 N–H and O–H groups in total. The average molecular weight is 453 g/mol. The minimum Gasteiger partial charge on any atom is -0.494 e. The van der Waals surface area contributed by atoms with Crippen LogP contribution in [0.4, 0.5) is 11.4 Å². The van der Waals surface area contributed by atoms with Crippen molar-refractivity contribution < 1.29 is 19.1 Å². The van der Waals surface area contributed by atoms with Crippen molar-refractivity contribution in [3.63, 3.8) is 0 Å². The summed E-state index contributed by atoms with van der Waals surface area (Å²) < 4.78 is 11.1. The smallest absolute Gasteiger partial charge is 0.265 e. The van der Waals surface area contributed by atoms with Crippen LogP contribution in [0.2, 0.25) is 5.02 Å². The first-order valence-electron chi connectivity index (χ1n) is 10.2. The molecular weight excluding hydrogens is 428 g/mol. The summed E-state index contributed by atoms with van der Waals surface area (Å²) in [5.41, 5.74) is 2.69. The van der Waals surface area contributed by atoms with Gasteiger partial charge in [0.05, 0.1) is 6.61 Å². The van der Waals surface area contributed by atoms with Gasteiger partial charge in [-0.3, -0.25) is 9.59 Å². The van der Waals surface area contributed by atoms with E-state index in [4.69, 9.17) is 21.1 Å². The van der Waals surface area contributed by atoms with Crippen molar-refractivity contribution in [1.82, 2.24) is 0 Å². The molecule has 3 aromatic carbocycles. The fourth-order valence-electron chi connectivity index (χ4n) is 2.95. The zero-order valence-electron chi connectivity index (χ0n) is 18.1. The van der Waals surface area contributed by atoms with Crippen molar-refractivity contribution in [2.45, 2.75) is 26.9 Å². The van der Waals surface area contributed by atoms with Crippen molar-refractivity contribution in [2.75, 3.05) is 17.2 Å². The molecule has 0 radical (unpaired) electrons. The number of carbonyl (C=O) groups is 2. The Morgan fingerprint density at radius 3 is 2.22 bits per heavy atom. The molecule has 2 amide bonds. The van der Waals surface area contributed by atoms with Gasteiger partial charge in [-0.25, -0.2) is 0 Å². The fourth-order valence-corrected chi connectivity index (χ4v) is 3.18. The van der Waals surface area contributed by atoms with Crippen LogP contribution in [-0.4, -0.2) is 24.5 Å². The number of ether oxygens (including phenoxy) is 2. The second kappa shape index (κ2) is 10.7. The third-order valence-electron chi connectivity index (χ3n) is 4.67. The van der Waals surface area contributed by atoms with Gasteiger partial charge in [-0.1, -0.05) is 11.6 Å². The minimum absolute atomic E-state index is 0.247. The van der Waals surface area contributed by atoms with E-state index in [0.29, 0.717) is 34.3 Å². The predicted octanol–water partition coefficient (Wildman–Crippen LogP) is 5.71. The first-order chi connectivity index (χ1) is 15.4. The number of benzene rings is 3. The largest absolute Gasteiger partial charge is 0.494 e. The molecule has 1 atom stereocenters. The van der Waals surface area contributed by atoms with Gasteiger partial charge >= 0.3 is 0 Å². The fraction of sp³-hybridized carbons (Fsp3) is 0.200. The Balaban J connectivity index is 1.55. The Hall–Kier alpha value is -3.51. The molecule has 0 fully saturated rings. The number of hydrogen-bond acceptors (Lipinski definition) is 4. The van der Waals surface area contributed by atoms with E-state index < -0.39 is 6.10 Å². The Kier molecular flexibility index (Phi) is 7.73. The maximum atomic E-state index is 12.5. The van der Waals surface area contributed by atoms with Crippen LogP contribution in [-0.2, 0) is 4.79 Å². The molecule has 3 aromatic rings. The van der Waals surface area contributed by atoms with E-state index in [-0.39, 0.29) is 11.8 Å². The summed E-state index contributed by atoms with van der Waals surface area (Å²) >= 11 is 5.95. The molecule has 6 nitrogen and oxygen atoms in total. The number of hydrogen-bond donors (Lipinski definition) is 2. The lowest BCUT2D eigenvalue weighted by Crippen LogP contribution is -2.30. The number of halogens is 1. The molecule has 0 aliphatic rings. The van der Waals surface area contributed by atoms with Crippen molar-refractivity contribution in [3.8, 4) is 11.5 Å². The normalized spacial score (nSPS) is 11.4. The van der Waals surface area contributed by atoms with E-state index in [1.807, 2.05) is 13.8 Å². The molecular formula is C25H25ClN2O4. The Morgan fingerprint density at radius 2 is 1.59 bits per heavy atom. The summed E-state index contributed by atoms with van der Waals surface area (Å²) in [6.45, 7) is 6.03. The third-order valence-corrected chi connectivity index (χ3v) is 4.90. The monoisotopic (exact) mass is 452 g/mol. The van der Waals surface area contributed by atoms with Crippen LogP contribution in [0.5, 0.6) is 11.5 Å². The maximum absolute atomic E-state index is 12.5. The highest BCUT2D eigenvalue weighted by Gasteiger charge is 2.16. The lowest BCUT2D eigenvalue weighted by atomic mass is 10.1. The van der Waals surface area contributed by atoms with Gasteiger partial charge < -0.3 is 20.1 Å². The maximum Gasteiger partial charge on any atom is 0.265 e. The van der Waals surface area contributed by atoms with E-state index in [1.54, 1.807) is 73.7 Å². The van der Waals surface area contributed by atoms with E-state index in [1.165, 1.54) is 0 Å². The molecule has 7 heteroatoms. The standard InChI is InChI=1S/C25H25ClN2O4/c1-4-31-21-12-8-20(9-13-21)27-24(29)17(3)32-22-10-5-18(6-11-22)25(30)28-23-14-7-19(26)15-16(23)2/h5-15,17H,4H2,1-3H3,(H,27,29)(H,28,30). The molecule has 32 heavy (non-hydrogen) atoms. The Morgan fingerprint density at radius 1 is 0.938 bits per heavy atom. The molecule has 166 valence electrons. The lowest BCUT2D eigenvalue weighted by Gasteiger charge is -2.15. The highest BCUT2D eigenvalue weighted by molar-refractivity contribution is 6.30. The van der Waals surface area contributed by atoms with Gasteiger partial charge in [-0.2, -0.15) is 0 Å². The van der Waals surface area contributed by atoms with Crippen LogP contribution >= 0.6 is 11.6 Å². The quantitative estimate of drug-likeness (QED) is 0.459. The van der Waals surface area contributed by atoms with Gasteiger partial charge in [0.15, 0.2) is 6.10 Å². The zero-order chi connectivity index (χ0) is 23.1. The molecule has 0 saturated heterocycles. The topological polar surface area (TPSA) is 76.7 Å². The second-order valence-electron chi connectivity index (χ2n) is 7.14. The molecule has 0 heterocycles. The van der Waals surface area contributed by atoms with Gasteiger partial charge in [0.2, 0.25) is 0 Å². The summed E-state index contributed by atoms with van der Waals surface area (Å²) in [6, 6.07) is 19.0. The van der Waals surface area contributed by atoms with E-state index >= 15 is 0 Å². The van der Waals surface area contributed by atoms with Crippen LogP contribution in [0.15, 0.2) is 66.7 Å². The van der Waals surface area contributed by atoms with Crippen molar-refractivity contribution in [3.05, 3.63) is 82.9 Å². The molecule has 3 rings (SSSR count). The van der Waals surface area contributed by atoms with Crippen molar-refractivity contribution in [1.29, 1.82) is 0 Å². The Labute approximate surface area is 192 Å². The summed E-state index contributed by atoms with van der Waals surface area (Å²) in [6.07, 6.45) is -0.724. The Bertz CT molecular complexity index is 1080. The number of aryl methyl sites for hydroxylation is 1. The number of nitrogens with one attached hydrogen (secondary N) is 2. The predicted molar refractivity (Wildman–Crippen MR) is 127 cm³/mol. The summed E-state index contributed by atoms with van der Waals surface area (Å²) in [5.74, 6) is 0.696. The molecule has 0 bridgehead atoms. The summed E-state index contributed by atoms with van der Waals surface area (Å²) in [7, 11) is 0. The number of carbonyl (C=O) groups excluding carboxylic acids is 2. The summed E-state index contributed by atoms with van der Waals surface area (Å²) in [4.78, 5) is 24.9. The SMILES string of the molecule is CCOc1ccc(NC(=O)C(C)Oc2ccc(C(=O)Nc3ccc(Cl)cc3C)cc2)cc1. The minimum atomic E-state index is -0.724. The van der Waals surface area contributed by atoms with Crippen LogP contribution in [0.25, 0.3) is 0 Å². The van der Waals surface area contributed by atoms with Crippen LogP contribution in [0, 0.1) is 6.92 Å². The highest BCUT2D eigenvalue weighted by Crippen LogP contribution is 2.21. The number of rotatable bonds is 8. The van der Waals surface area contributed by atoms with Gasteiger partial charge in [0.25, 0.3) is 11.8 Å². The third kappa shape index (κ3) is 6.25. The van der Waals surface area contributed by atoms with Crippen LogP contribution in [0.1, 0.15) is 29.8 Å². The van der Waals surface area contributed by atoms with Gasteiger partial charge in [-0.05, 0) is 93.1 Å². The highest BCUT2D eigenvalue weighted by atomic mass is 35.5. The molecule has 1 unspecified atom stereocenters. The van der Waals surface area contributed by atoms with E-state index in [0.717, 1.165) is 11.3 Å². The molecule has 0 saturated carbocycles. The molecule has 0 aliphatic carbocycles. The molecule has 0 aromatic heterocycles. The van der Waals surface area contributed by atoms with Crippen molar-refractivity contribution in [2.24, 2.45) is 0 Å². The second-order valence-corrected chi connectivity index (χ2v) is 7.58. The van der Waals surface area contributed by atoms with E-state index in [2.05, 4.69) is 10.6 Å². The molecule has 0 aliphatic heterocycles. The average Bonchev–Trinajstić information content (AvgIpc) is 2.77. The van der Waals surface area contributed by atoms with E-state index in [9.17, 15) is 9.59 Å². The summed E-state index contributed by atoms with van der Waals surface area (Å²) in [5, 5.41) is 6.28. The van der Waals surface area contributed by atoms with Crippen LogP contribution < -0.4 is 20.1 Å². The first-order valence-corrected chi connectivity index (χ1v) is 10.6. The number of anilines is 2. The van der Waals surface area contributed by atoms with Gasteiger partial charge in [-0.15, -0.1) is 0 Å². The van der Waals surface area contributed by atoms with Crippen LogP contribution in [0.3, 0.4) is 0 Å². The first kappa shape index (κ1) is 23.2. The number of amides is 2. The zero-order valence-corrected chi connectivity index (χ0v) is 18.9. The van der Waals surface area contributed by atoms with Gasteiger partial charge in [0.1, 0.15) is 11.5 Å².